The van der Waals surface area contributed by atoms with E-state index in [4.69, 9.17) is 5.73 Å². The third-order valence-electron chi connectivity index (χ3n) is 3.34. The summed E-state index contributed by atoms with van der Waals surface area (Å²) in [5.74, 6) is 1.14. The van der Waals surface area contributed by atoms with Crippen LogP contribution in [0.3, 0.4) is 0 Å². The van der Waals surface area contributed by atoms with Crippen molar-refractivity contribution in [1.29, 1.82) is 0 Å². The Labute approximate surface area is 136 Å². The maximum atomic E-state index is 12.6. The first-order valence-electron chi connectivity index (χ1n) is 6.93. The van der Waals surface area contributed by atoms with Gasteiger partial charge in [0.15, 0.2) is 5.16 Å². The molecule has 0 unspecified atom stereocenters. The second-order valence-corrected chi connectivity index (χ2v) is 6.69. The van der Waals surface area contributed by atoms with E-state index in [1.807, 2.05) is 31.4 Å². The molecular formula is C15H16N4OS2. The van der Waals surface area contributed by atoms with Gasteiger partial charge in [-0.15, -0.1) is 11.3 Å². The van der Waals surface area contributed by atoms with Crippen LogP contribution in [-0.4, -0.2) is 14.5 Å². The van der Waals surface area contributed by atoms with Crippen molar-refractivity contribution in [2.24, 2.45) is 0 Å². The summed E-state index contributed by atoms with van der Waals surface area (Å²) < 4.78 is 1.72. The van der Waals surface area contributed by atoms with Crippen molar-refractivity contribution in [2.45, 2.75) is 31.3 Å². The van der Waals surface area contributed by atoms with E-state index >= 15 is 0 Å². The topological polar surface area (TPSA) is 73.8 Å². The summed E-state index contributed by atoms with van der Waals surface area (Å²) in [5, 5.41) is 3.44. The molecule has 3 heterocycles. The van der Waals surface area contributed by atoms with Crippen LogP contribution in [0, 0.1) is 6.92 Å². The number of nitrogens with two attached hydrogens (primary N) is 1. The standard InChI is InChI=1S/C15H16N4OS2/c1-3-19-14(20)12-9(2)7-21-13(12)18-15(19)22-8-10-5-4-6-11(16)17-10/h4-7H,3,8H2,1-2H3,(H2,16,17). The number of pyridine rings is 1. The Hall–Kier alpha value is -1.86. The van der Waals surface area contributed by atoms with Crippen molar-refractivity contribution >= 4 is 39.1 Å². The Morgan fingerprint density at radius 2 is 2.18 bits per heavy atom. The van der Waals surface area contributed by atoms with Gasteiger partial charge in [0.1, 0.15) is 10.6 Å². The van der Waals surface area contributed by atoms with Gasteiger partial charge in [-0.1, -0.05) is 17.8 Å². The third-order valence-corrected chi connectivity index (χ3v) is 5.34. The van der Waals surface area contributed by atoms with E-state index in [9.17, 15) is 4.79 Å². The zero-order valence-corrected chi connectivity index (χ0v) is 14.0. The highest BCUT2D eigenvalue weighted by Gasteiger charge is 2.14. The highest BCUT2D eigenvalue weighted by Crippen LogP contribution is 2.25. The van der Waals surface area contributed by atoms with Gasteiger partial charge in [-0.05, 0) is 36.9 Å². The van der Waals surface area contributed by atoms with Crippen LogP contribution in [0.15, 0.2) is 33.5 Å². The Morgan fingerprint density at radius 3 is 2.91 bits per heavy atom. The number of thioether (sulfide) groups is 1. The predicted molar refractivity (Wildman–Crippen MR) is 92.5 cm³/mol. The molecule has 7 heteroatoms. The number of fused-ring (bicyclic) bond motifs is 1. The highest BCUT2D eigenvalue weighted by molar-refractivity contribution is 7.98. The quantitative estimate of drug-likeness (QED) is 0.587. The van der Waals surface area contributed by atoms with Crippen molar-refractivity contribution in [1.82, 2.24) is 14.5 Å². The molecule has 3 aromatic heterocycles. The fourth-order valence-electron chi connectivity index (χ4n) is 2.25. The van der Waals surface area contributed by atoms with Crippen LogP contribution in [0.2, 0.25) is 0 Å². The van der Waals surface area contributed by atoms with Crippen LogP contribution < -0.4 is 11.3 Å². The molecule has 2 N–H and O–H groups in total. The van der Waals surface area contributed by atoms with E-state index in [1.54, 1.807) is 10.6 Å². The van der Waals surface area contributed by atoms with E-state index in [2.05, 4.69) is 9.97 Å². The minimum absolute atomic E-state index is 0.0364. The van der Waals surface area contributed by atoms with Crippen LogP contribution in [0.25, 0.3) is 10.2 Å². The zero-order chi connectivity index (χ0) is 15.7. The molecule has 0 fully saturated rings. The number of nitrogen functional groups attached to an aromatic ring is 1. The van der Waals surface area contributed by atoms with Gasteiger partial charge in [-0.25, -0.2) is 9.97 Å². The molecule has 0 amide bonds. The summed E-state index contributed by atoms with van der Waals surface area (Å²) in [4.78, 5) is 22.3. The average Bonchev–Trinajstić information content (AvgIpc) is 2.87. The summed E-state index contributed by atoms with van der Waals surface area (Å²) in [6.07, 6.45) is 0. The Kier molecular flexibility index (Phi) is 4.17. The fraction of sp³-hybridized carbons (Fsp3) is 0.267. The minimum Gasteiger partial charge on any atom is -0.384 e. The summed E-state index contributed by atoms with van der Waals surface area (Å²) in [6.45, 7) is 4.51. The number of nitrogens with zero attached hydrogens (tertiary/aromatic N) is 3. The zero-order valence-electron chi connectivity index (χ0n) is 12.4. The molecule has 114 valence electrons. The van der Waals surface area contributed by atoms with Gasteiger partial charge < -0.3 is 5.73 Å². The van der Waals surface area contributed by atoms with Crippen molar-refractivity contribution in [3.63, 3.8) is 0 Å². The third kappa shape index (κ3) is 2.74. The second-order valence-electron chi connectivity index (χ2n) is 4.89. The summed E-state index contributed by atoms with van der Waals surface area (Å²) >= 11 is 3.02. The monoisotopic (exact) mass is 332 g/mol. The lowest BCUT2D eigenvalue weighted by atomic mass is 10.3. The van der Waals surface area contributed by atoms with Crippen molar-refractivity contribution in [2.75, 3.05) is 5.73 Å². The Bertz CT molecular complexity index is 885. The van der Waals surface area contributed by atoms with Gasteiger partial charge in [0, 0.05) is 12.3 Å². The first-order valence-corrected chi connectivity index (χ1v) is 8.79. The molecule has 0 saturated heterocycles. The van der Waals surface area contributed by atoms with Crippen LogP contribution in [0.1, 0.15) is 18.2 Å². The van der Waals surface area contributed by atoms with Crippen LogP contribution in [0.4, 0.5) is 5.82 Å². The molecule has 0 saturated carbocycles. The molecule has 0 bridgehead atoms. The normalized spacial score (nSPS) is 11.2. The maximum Gasteiger partial charge on any atom is 0.263 e. The molecule has 0 atom stereocenters. The molecule has 0 aliphatic carbocycles. The highest BCUT2D eigenvalue weighted by atomic mass is 32.2. The van der Waals surface area contributed by atoms with Gasteiger partial charge >= 0.3 is 0 Å². The Balaban J connectivity index is 1.98. The van der Waals surface area contributed by atoms with Crippen LogP contribution in [-0.2, 0) is 12.3 Å². The van der Waals surface area contributed by atoms with Crippen molar-refractivity contribution < 1.29 is 0 Å². The maximum absolute atomic E-state index is 12.6. The minimum atomic E-state index is 0.0364. The molecule has 0 aliphatic heterocycles. The largest absolute Gasteiger partial charge is 0.384 e. The summed E-state index contributed by atoms with van der Waals surface area (Å²) in [5.41, 5.74) is 7.60. The van der Waals surface area contributed by atoms with E-state index in [-0.39, 0.29) is 5.56 Å². The van der Waals surface area contributed by atoms with Gasteiger partial charge in [0.2, 0.25) is 0 Å². The average molecular weight is 332 g/mol. The molecule has 0 radical (unpaired) electrons. The SMILES string of the molecule is CCn1c(SCc2cccc(N)n2)nc2scc(C)c2c1=O. The number of aromatic nitrogens is 3. The number of aryl methyl sites for hydroxylation is 1. The van der Waals surface area contributed by atoms with Gasteiger partial charge in [0.05, 0.1) is 11.1 Å². The van der Waals surface area contributed by atoms with E-state index in [0.29, 0.717) is 18.1 Å². The lowest BCUT2D eigenvalue weighted by molar-refractivity contribution is 0.635. The molecule has 0 aliphatic rings. The van der Waals surface area contributed by atoms with Gasteiger partial charge in [-0.3, -0.25) is 9.36 Å². The van der Waals surface area contributed by atoms with Crippen molar-refractivity contribution in [3.05, 3.63) is 45.2 Å². The molecular weight excluding hydrogens is 316 g/mol. The summed E-state index contributed by atoms with van der Waals surface area (Å²) in [6, 6.07) is 5.56. The number of anilines is 1. The lowest BCUT2D eigenvalue weighted by Gasteiger charge is -2.10. The fourth-order valence-corrected chi connectivity index (χ4v) is 4.18. The van der Waals surface area contributed by atoms with Gasteiger partial charge in [-0.2, -0.15) is 0 Å². The lowest BCUT2D eigenvalue weighted by Crippen LogP contribution is -2.22. The molecule has 3 rings (SSSR count). The number of rotatable bonds is 4. The van der Waals surface area contributed by atoms with E-state index in [1.165, 1.54) is 23.1 Å². The molecule has 5 nitrogen and oxygen atoms in total. The predicted octanol–water partition coefficient (Wildman–Crippen LogP) is 3.06. The smallest absolute Gasteiger partial charge is 0.263 e. The van der Waals surface area contributed by atoms with E-state index < -0.39 is 0 Å². The summed E-state index contributed by atoms with van der Waals surface area (Å²) in [7, 11) is 0. The molecule has 3 aromatic rings. The first kappa shape index (κ1) is 15.1. The first-order chi connectivity index (χ1) is 10.6. The van der Waals surface area contributed by atoms with Gasteiger partial charge in [0.25, 0.3) is 5.56 Å². The molecule has 0 spiro atoms. The number of hydrogen-bond donors (Lipinski definition) is 1. The number of hydrogen-bond acceptors (Lipinski definition) is 6. The molecule has 22 heavy (non-hydrogen) atoms. The van der Waals surface area contributed by atoms with Crippen LogP contribution >= 0.6 is 23.1 Å². The van der Waals surface area contributed by atoms with Crippen molar-refractivity contribution in [3.8, 4) is 0 Å². The second kappa shape index (κ2) is 6.10. The van der Waals surface area contributed by atoms with Crippen LogP contribution in [0.5, 0.6) is 0 Å². The Morgan fingerprint density at radius 1 is 1.36 bits per heavy atom. The molecule has 0 aromatic carbocycles. The number of thiophene rings is 1. The van der Waals surface area contributed by atoms with E-state index in [0.717, 1.165) is 26.6 Å².